The van der Waals surface area contributed by atoms with E-state index in [-0.39, 0.29) is 11.8 Å². The molecule has 6 heteroatoms. The second-order valence-electron chi connectivity index (χ2n) is 6.19. The number of rotatable bonds is 6. The molecule has 1 fully saturated rings. The summed E-state index contributed by atoms with van der Waals surface area (Å²) >= 11 is 3.36. The van der Waals surface area contributed by atoms with Crippen molar-refractivity contribution in [2.45, 2.75) is 31.8 Å². The van der Waals surface area contributed by atoms with E-state index in [1.54, 1.807) is 19.1 Å². The number of halogens is 1. The van der Waals surface area contributed by atoms with Crippen molar-refractivity contribution in [3.8, 4) is 0 Å². The SMILES string of the molecule is CC(Nc1ccc(C(=O)NC2CC2)cc1)C(=O)Nc1ccc(Br)cc1. The molecule has 1 atom stereocenters. The minimum Gasteiger partial charge on any atom is -0.374 e. The maximum absolute atomic E-state index is 12.3. The summed E-state index contributed by atoms with van der Waals surface area (Å²) in [6.07, 6.45) is 2.13. The van der Waals surface area contributed by atoms with E-state index in [1.165, 1.54) is 0 Å². The van der Waals surface area contributed by atoms with E-state index in [2.05, 4.69) is 31.9 Å². The van der Waals surface area contributed by atoms with Crippen LogP contribution < -0.4 is 16.0 Å². The lowest BCUT2D eigenvalue weighted by atomic mass is 10.1. The Balaban J connectivity index is 1.54. The summed E-state index contributed by atoms with van der Waals surface area (Å²) in [7, 11) is 0. The summed E-state index contributed by atoms with van der Waals surface area (Å²) in [5.74, 6) is -0.173. The Morgan fingerprint density at radius 2 is 1.60 bits per heavy atom. The molecule has 0 heterocycles. The normalized spacial score (nSPS) is 14.5. The van der Waals surface area contributed by atoms with Crippen LogP contribution in [0, 0.1) is 0 Å². The van der Waals surface area contributed by atoms with Crippen LogP contribution in [0.2, 0.25) is 0 Å². The second kappa shape index (κ2) is 7.70. The van der Waals surface area contributed by atoms with Crippen molar-refractivity contribution in [3.63, 3.8) is 0 Å². The zero-order valence-electron chi connectivity index (χ0n) is 13.9. The van der Waals surface area contributed by atoms with Crippen molar-refractivity contribution in [2.24, 2.45) is 0 Å². The van der Waals surface area contributed by atoms with Crippen LogP contribution in [-0.2, 0) is 4.79 Å². The minimum atomic E-state index is -0.408. The van der Waals surface area contributed by atoms with Gasteiger partial charge in [-0.1, -0.05) is 15.9 Å². The van der Waals surface area contributed by atoms with Gasteiger partial charge in [-0.2, -0.15) is 0 Å². The second-order valence-corrected chi connectivity index (χ2v) is 7.10. The Bertz CT molecular complexity index is 755. The highest BCUT2D eigenvalue weighted by Crippen LogP contribution is 2.20. The molecule has 0 bridgehead atoms. The van der Waals surface area contributed by atoms with Gasteiger partial charge in [0.05, 0.1) is 0 Å². The number of benzene rings is 2. The van der Waals surface area contributed by atoms with Gasteiger partial charge in [-0.15, -0.1) is 0 Å². The average molecular weight is 402 g/mol. The summed E-state index contributed by atoms with van der Waals surface area (Å²) in [6, 6.07) is 14.5. The standard InChI is InChI=1S/C19H20BrN3O2/c1-12(18(24)22-16-8-4-14(20)5-9-16)21-15-6-2-13(3-7-15)19(25)23-17-10-11-17/h2-9,12,17,21H,10-11H2,1H3,(H,22,24)(H,23,25). The van der Waals surface area contributed by atoms with E-state index in [9.17, 15) is 9.59 Å². The first kappa shape index (κ1) is 17.5. The van der Waals surface area contributed by atoms with Gasteiger partial charge in [0, 0.05) is 27.5 Å². The number of amides is 2. The summed E-state index contributed by atoms with van der Waals surface area (Å²) in [6.45, 7) is 1.79. The number of anilines is 2. The summed E-state index contributed by atoms with van der Waals surface area (Å²) < 4.78 is 0.961. The quantitative estimate of drug-likeness (QED) is 0.689. The van der Waals surface area contributed by atoms with Crippen molar-refractivity contribution < 1.29 is 9.59 Å². The monoisotopic (exact) mass is 401 g/mol. The molecule has 2 aromatic rings. The summed E-state index contributed by atoms with van der Waals surface area (Å²) in [5.41, 5.74) is 2.17. The summed E-state index contributed by atoms with van der Waals surface area (Å²) in [5, 5.41) is 8.95. The van der Waals surface area contributed by atoms with E-state index >= 15 is 0 Å². The lowest BCUT2D eigenvalue weighted by Gasteiger charge is -2.15. The Labute approximate surface area is 155 Å². The van der Waals surface area contributed by atoms with Crippen molar-refractivity contribution in [2.75, 3.05) is 10.6 Å². The molecule has 2 amide bonds. The van der Waals surface area contributed by atoms with Gasteiger partial charge in [0.1, 0.15) is 6.04 Å². The molecule has 0 saturated heterocycles. The van der Waals surface area contributed by atoms with Crippen LogP contribution in [0.5, 0.6) is 0 Å². The van der Waals surface area contributed by atoms with E-state index in [4.69, 9.17) is 0 Å². The first-order valence-corrected chi connectivity index (χ1v) is 9.04. The Hall–Kier alpha value is -2.34. The maximum Gasteiger partial charge on any atom is 0.251 e. The molecule has 0 radical (unpaired) electrons. The minimum absolute atomic E-state index is 0.0462. The largest absolute Gasteiger partial charge is 0.374 e. The van der Waals surface area contributed by atoms with Crippen LogP contribution in [0.15, 0.2) is 53.0 Å². The molecule has 5 nitrogen and oxygen atoms in total. The molecular weight excluding hydrogens is 382 g/mol. The number of carbonyl (C=O) groups is 2. The van der Waals surface area contributed by atoms with Gasteiger partial charge < -0.3 is 16.0 Å². The van der Waals surface area contributed by atoms with Gasteiger partial charge in [-0.3, -0.25) is 9.59 Å². The highest BCUT2D eigenvalue weighted by molar-refractivity contribution is 9.10. The lowest BCUT2D eigenvalue weighted by molar-refractivity contribution is -0.116. The Kier molecular flexibility index (Phi) is 5.38. The molecule has 1 saturated carbocycles. The first-order valence-electron chi connectivity index (χ1n) is 8.25. The molecule has 0 spiro atoms. The Morgan fingerprint density at radius 1 is 1.00 bits per heavy atom. The van der Waals surface area contributed by atoms with Crippen LogP contribution in [0.1, 0.15) is 30.1 Å². The molecule has 2 aromatic carbocycles. The van der Waals surface area contributed by atoms with Crippen LogP contribution in [0.3, 0.4) is 0 Å². The van der Waals surface area contributed by atoms with Crippen molar-refractivity contribution >= 4 is 39.1 Å². The van der Waals surface area contributed by atoms with Crippen LogP contribution in [0.4, 0.5) is 11.4 Å². The average Bonchev–Trinajstić information content (AvgIpc) is 3.41. The van der Waals surface area contributed by atoms with E-state index < -0.39 is 6.04 Å². The topological polar surface area (TPSA) is 70.2 Å². The zero-order chi connectivity index (χ0) is 17.8. The molecule has 1 aliphatic rings. The van der Waals surface area contributed by atoms with E-state index in [1.807, 2.05) is 36.4 Å². The first-order chi connectivity index (χ1) is 12.0. The molecule has 3 N–H and O–H groups in total. The number of hydrogen-bond acceptors (Lipinski definition) is 3. The van der Waals surface area contributed by atoms with Crippen LogP contribution in [-0.4, -0.2) is 23.9 Å². The fraction of sp³-hybridized carbons (Fsp3) is 0.263. The molecule has 25 heavy (non-hydrogen) atoms. The molecule has 1 aliphatic carbocycles. The molecule has 130 valence electrons. The zero-order valence-corrected chi connectivity index (χ0v) is 15.5. The van der Waals surface area contributed by atoms with E-state index in [0.29, 0.717) is 11.6 Å². The van der Waals surface area contributed by atoms with Gasteiger partial charge in [0.15, 0.2) is 0 Å². The molecule has 0 aromatic heterocycles. The van der Waals surface area contributed by atoms with Crippen LogP contribution in [0.25, 0.3) is 0 Å². The van der Waals surface area contributed by atoms with Crippen LogP contribution >= 0.6 is 15.9 Å². The van der Waals surface area contributed by atoms with Gasteiger partial charge >= 0.3 is 0 Å². The van der Waals surface area contributed by atoms with Gasteiger partial charge in [-0.05, 0) is 68.3 Å². The lowest BCUT2D eigenvalue weighted by Crippen LogP contribution is -2.31. The molecule has 3 rings (SSSR count). The predicted octanol–water partition coefficient (Wildman–Crippen LogP) is 3.78. The van der Waals surface area contributed by atoms with Gasteiger partial charge in [0.25, 0.3) is 5.91 Å². The van der Waals surface area contributed by atoms with Crippen molar-refractivity contribution in [1.29, 1.82) is 0 Å². The predicted molar refractivity (Wildman–Crippen MR) is 103 cm³/mol. The third-order valence-electron chi connectivity index (χ3n) is 3.95. The van der Waals surface area contributed by atoms with E-state index in [0.717, 1.165) is 28.7 Å². The smallest absolute Gasteiger partial charge is 0.251 e. The maximum atomic E-state index is 12.3. The highest BCUT2D eigenvalue weighted by atomic mass is 79.9. The highest BCUT2D eigenvalue weighted by Gasteiger charge is 2.23. The number of carbonyl (C=O) groups excluding carboxylic acids is 2. The Morgan fingerprint density at radius 3 is 2.20 bits per heavy atom. The summed E-state index contributed by atoms with van der Waals surface area (Å²) in [4.78, 5) is 24.2. The molecule has 0 aliphatic heterocycles. The number of nitrogens with one attached hydrogen (secondary N) is 3. The third kappa shape index (κ3) is 5.06. The van der Waals surface area contributed by atoms with Crippen molar-refractivity contribution in [3.05, 3.63) is 58.6 Å². The third-order valence-corrected chi connectivity index (χ3v) is 4.48. The number of hydrogen-bond donors (Lipinski definition) is 3. The fourth-order valence-electron chi connectivity index (χ4n) is 2.31. The fourth-order valence-corrected chi connectivity index (χ4v) is 2.58. The van der Waals surface area contributed by atoms with Gasteiger partial charge in [-0.25, -0.2) is 0 Å². The molecular formula is C19H20BrN3O2. The van der Waals surface area contributed by atoms with Gasteiger partial charge in [0.2, 0.25) is 5.91 Å². The molecule has 1 unspecified atom stereocenters. The van der Waals surface area contributed by atoms with Crippen molar-refractivity contribution in [1.82, 2.24) is 5.32 Å².